The largest absolute Gasteiger partial charge is 0.493 e. The molecule has 1 atom stereocenters. The molecule has 1 aromatic rings. The van der Waals surface area contributed by atoms with Crippen LogP contribution in [0.3, 0.4) is 0 Å². The molecule has 4 nitrogen and oxygen atoms in total. The Balaban J connectivity index is 2.15. The van der Waals surface area contributed by atoms with Crippen LogP contribution in [0, 0.1) is 0 Å². The third kappa shape index (κ3) is 3.69. The molecule has 1 unspecified atom stereocenters. The number of benzene rings is 1. The standard InChI is InChI=1S/C17H28N2O2/c1-4-5-6-15(11-18)19-8-7-13-9-16(20-2)17(21-3)10-14(13)12-19/h9-10,15H,4-8,11-12,18H2,1-3H3. The Morgan fingerprint density at radius 2 is 1.86 bits per heavy atom. The summed E-state index contributed by atoms with van der Waals surface area (Å²) in [5.74, 6) is 1.64. The fraction of sp³-hybridized carbons (Fsp3) is 0.647. The van der Waals surface area contributed by atoms with E-state index >= 15 is 0 Å². The molecule has 0 radical (unpaired) electrons. The zero-order chi connectivity index (χ0) is 15.2. The smallest absolute Gasteiger partial charge is 0.161 e. The summed E-state index contributed by atoms with van der Waals surface area (Å²) in [5, 5.41) is 0. The van der Waals surface area contributed by atoms with E-state index in [1.165, 1.54) is 30.4 Å². The first-order valence-corrected chi connectivity index (χ1v) is 7.91. The number of unbranched alkanes of at least 4 members (excludes halogenated alkanes) is 1. The molecule has 0 aliphatic carbocycles. The molecule has 0 saturated carbocycles. The average Bonchev–Trinajstić information content (AvgIpc) is 2.54. The first kappa shape index (κ1) is 16.1. The number of ether oxygens (including phenoxy) is 2. The zero-order valence-corrected chi connectivity index (χ0v) is 13.5. The molecule has 1 aromatic carbocycles. The number of rotatable bonds is 7. The summed E-state index contributed by atoms with van der Waals surface area (Å²) in [6.45, 7) is 5.01. The van der Waals surface area contributed by atoms with E-state index in [2.05, 4.69) is 24.0 Å². The van der Waals surface area contributed by atoms with Crippen LogP contribution in [0.4, 0.5) is 0 Å². The van der Waals surface area contributed by atoms with Crippen molar-refractivity contribution in [2.45, 2.75) is 45.2 Å². The van der Waals surface area contributed by atoms with Gasteiger partial charge in [-0.25, -0.2) is 0 Å². The highest BCUT2D eigenvalue weighted by Gasteiger charge is 2.23. The van der Waals surface area contributed by atoms with E-state index in [4.69, 9.17) is 15.2 Å². The molecule has 21 heavy (non-hydrogen) atoms. The maximum atomic E-state index is 5.98. The van der Waals surface area contributed by atoms with Gasteiger partial charge in [0, 0.05) is 25.7 Å². The van der Waals surface area contributed by atoms with Gasteiger partial charge in [-0.3, -0.25) is 4.90 Å². The highest BCUT2D eigenvalue weighted by molar-refractivity contribution is 5.48. The van der Waals surface area contributed by atoms with E-state index in [0.29, 0.717) is 6.04 Å². The molecule has 0 fully saturated rings. The van der Waals surface area contributed by atoms with Gasteiger partial charge in [-0.15, -0.1) is 0 Å². The summed E-state index contributed by atoms with van der Waals surface area (Å²) < 4.78 is 10.8. The van der Waals surface area contributed by atoms with Crippen molar-refractivity contribution in [3.8, 4) is 11.5 Å². The highest BCUT2D eigenvalue weighted by atomic mass is 16.5. The lowest BCUT2D eigenvalue weighted by molar-refractivity contribution is 0.171. The average molecular weight is 292 g/mol. The number of hydrogen-bond donors (Lipinski definition) is 1. The molecule has 0 amide bonds. The van der Waals surface area contributed by atoms with Crippen LogP contribution >= 0.6 is 0 Å². The molecule has 1 aliphatic rings. The minimum Gasteiger partial charge on any atom is -0.493 e. The number of hydrogen-bond acceptors (Lipinski definition) is 4. The van der Waals surface area contributed by atoms with Crippen LogP contribution in [0.25, 0.3) is 0 Å². The molecule has 0 aromatic heterocycles. The van der Waals surface area contributed by atoms with Gasteiger partial charge in [-0.2, -0.15) is 0 Å². The second-order valence-electron chi connectivity index (χ2n) is 5.73. The van der Waals surface area contributed by atoms with Crippen molar-refractivity contribution in [1.82, 2.24) is 4.90 Å². The summed E-state index contributed by atoms with van der Waals surface area (Å²) in [4.78, 5) is 2.52. The van der Waals surface area contributed by atoms with E-state index in [0.717, 1.165) is 37.6 Å². The molecule has 0 spiro atoms. The predicted molar refractivity (Wildman–Crippen MR) is 86.0 cm³/mol. The van der Waals surface area contributed by atoms with Gasteiger partial charge in [0.15, 0.2) is 11.5 Å². The van der Waals surface area contributed by atoms with Crippen molar-refractivity contribution in [2.24, 2.45) is 5.73 Å². The molecule has 1 aliphatic heterocycles. The van der Waals surface area contributed by atoms with Crippen molar-refractivity contribution in [1.29, 1.82) is 0 Å². The molecular weight excluding hydrogens is 264 g/mol. The summed E-state index contributed by atoms with van der Waals surface area (Å²) >= 11 is 0. The van der Waals surface area contributed by atoms with Crippen molar-refractivity contribution in [3.05, 3.63) is 23.3 Å². The van der Waals surface area contributed by atoms with Gasteiger partial charge in [0.25, 0.3) is 0 Å². The van der Waals surface area contributed by atoms with E-state index in [9.17, 15) is 0 Å². The predicted octanol–water partition coefficient (Wildman–Crippen LogP) is 2.58. The van der Waals surface area contributed by atoms with Crippen molar-refractivity contribution < 1.29 is 9.47 Å². The Bertz CT molecular complexity index is 462. The monoisotopic (exact) mass is 292 g/mol. The number of nitrogens with zero attached hydrogens (tertiary/aromatic N) is 1. The Kier molecular flexibility index (Phi) is 5.88. The van der Waals surface area contributed by atoms with Crippen LogP contribution in [-0.2, 0) is 13.0 Å². The number of methoxy groups -OCH3 is 2. The molecule has 118 valence electrons. The Morgan fingerprint density at radius 1 is 1.19 bits per heavy atom. The highest BCUT2D eigenvalue weighted by Crippen LogP contribution is 2.33. The van der Waals surface area contributed by atoms with Crippen molar-refractivity contribution in [2.75, 3.05) is 27.3 Å². The first-order valence-electron chi connectivity index (χ1n) is 7.91. The summed E-state index contributed by atoms with van der Waals surface area (Å²) in [7, 11) is 3.38. The maximum absolute atomic E-state index is 5.98. The van der Waals surface area contributed by atoms with Crippen LogP contribution in [0.5, 0.6) is 11.5 Å². The second-order valence-corrected chi connectivity index (χ2v) is 5.73. The van der Waals surface area contributed by atoms with E-state index in [1.54, 1.807) is 14.2 Å². The van der Waals surface area contributed by atoms with E-state index < -0.39 is 0 Å². The fourth-order valence-electron chi connectivity index (χ4n) is 3.11. The van der Waals surface area contributed by atoms with Crippen LogP contribution < -0.4 is 15.2 Å². The second kappa shape index (κ2) is 7.66. The third-order valence-corrected chi connectivity index (χ3v) is 4.43. The molecule has 0 saturated heterocycles. The summed E-state index contributed by atoms with van der Waals surface area (Å²) in [6, 6.07) is 4.73. The third-order valence-electron chi connectivity index (χ3n) is 4.43. The lowest BCUT2D eigenvalue weighted by atomic mass is 9.96. The molecule has 2 N–H and O–H groups in total. The minimum absolute atomic E-state index is 0.492. The fourth-order valence-corrected chi connectivity index (χ4v) is 3.11. The number of fused-ring (bicyclic) bond motifs is 1. The van der Waals surface area contributed by atoms with Gasteiger partial charge >= 0.3 is 0 Å². The van der Waals surface area contributed by atoms with Gasteiger partial charge in [-0.1, -0.05) is 19.8 Å². The Labute approximate surface area is 128 Å². The molecule has 2 rings (SSSR count). The first-order chi connectivity index (χ1) is 10.2. The van der Waals surface area contributed by atoms with Gasteiger partial charge in [0.05, 0.1) is 14.2 Å². The van der Waals surface area contributed by atoms with Gasteiger partial charge < -0.3 is 15.2 Å². The van der Waals surface area contributed by atoms with Gasteiger partial charge in [0.2, 0.25) is 0 Å². The molecule has 0 bridgehead atoms. The zero-order valence-electron chi connectivity index (χ0n) is 13.5. The SMILES string of the molecule is CCCCC(CN)N1CCc2cc(OC)c(OC)cc2C1. The molecule has 1 heterocycles. The number of nitrogens with two attached hydrogens (primary N) is 1. The van der Waals surface area contributed by atoms with Crippen molar-refractivity contribution in [3.63, 3.8) is 0 Å². The van der Waals surface area contributed by atoms with Gasteiger partial charge in [0.1, 0.15) is 0 Å². The van der Waals surface area contributed by atoms with Crippen LogP contribution in [-0.4, -0.2) is 38.3 Å². The summed E-state index contributed by atoms with van der Waals surface area (Å²) in [5.41, 5.74) is 8.69. The van der Waals surface area contributed by atoms with E-state index in [1.807, 2.05) is 0 Å². The maximum Gasteiger partial charge on any atom is 0.161 e. The summed E-state index contributed by atoms with van der Waals surface area (Å²) in [6.07, 6.45) is 4.72. The van der Waals surface area contributed by atoms with Crippen LogP contribution in [0.2, 0.25) is 0 Å². The lowest BCUT2D eigenvalue weighted by Gasteiger charge is -2.35. The topological polar surface area (TPSA) is 47.7 Å². The Morgan fingerprint density at radius 3 is 2.43 bits per heavy atom. The molecular formula is C17H28N2O2. The van der Waals surface area contributed by atoms with Crippen LogP contribution in [0.15, 0.2) is 12.1 Å². The van der Waals surface area contributed by atoms with Crippen LogP contribution in [0.1, 0.15) is 37.3 Å². The van der Waals surface area contributed by atoms with E-state index in [-0.39, 0.29) is 0 Å². The van der Waals surface area contributed by atoms with Crippen molar-refractivity contribution >= 4 is 0 Å². The normalized spacial score (nSPS) is 16.4. The quantitative estimate of drug-likeness (QED) is 0.839. The lowest BCUT2D eigenvalue weighted by Crippen LogP contribution is -2.43. The molecule has 4 heteroatoms. The Hall–Kier alpha value is -1.26. The van der Waals surface area contributed by atoms with Gasteiger partial charge in [-0.05, 0) is 36.1 Å². The minimum atomic E-state index is 0.492.